The van der Waals surface area contributed by atoms with Gasteiger partial charge in [0, 0.05) is 31.4 Å². The molecule has 0 saturated carbocycles. The minimum Gasteiger partial charge on any atom is -0.392 e. The van der Waals surface area contributed by atoms with Crippen LogP contribution in [0.15, 0.2) is 30.3 Å². The Hall–Kier alpha value is -2.77. The summed E-state index contributed by atoms with van der Waals surface area (Å²) in [4.78, 5) is 16.0. The Morgan fingerprint density at radius 1 is 1.10 bits per heavy atom. The Balaban J connectivity index is 1.39. The second-order valence-corrected chi connectivity index (χ2v) is 7.88. The number of nitrogens with zero attached hydrogens (tertiary/aromatic N) is 4. The van der Waals surface area contributed by atoms with Crippen LogP contribution in [0.3, 0.4) is 0 Å². The van der Waals surface area contributed by atoms with Crippen LogP contribution in [-0.4, -0.2) is 44.1 Å². The molecule has 0 atom stereocenters. The van der Waals surface area contributed by atoms with Crippen molar-refractivity contribution in [1.82, 2.24) is 19.9 Å². The highest BCUT2D eigenvalue weighted by atomic mass is 16.3. The molecule has 0 unspecified atom stereocenters. The third kappa shape index (κ3) is 4.46. The molecular weight excluding hydrogens is 364 g/mol. The van der Waals surface area contributed by atoms with Gasteiger partial charge < -0.3 is 16.2 Å². The monoisotopic (exact) mass is 392 g/mol. The maximum absolute atomic E-state index is 9.31. The first-order valence-corrected chi connectivity index (χ1v) is 10.1. The van der Waals surface area contributed by atoms with Crippen molar-refractivity contribution in [2.24, 2.45) is 0 Å². The molecule has 1 aliphatic heterocycles. The largest absolute Gasteiger partial charge is 0.392 e. The van der Waals surface area contributed by atoms with Crippen LogP contribution in [0, 0.1) is 13.8 Å². The van der Waals surface area contributed by atoms with Gasteiger partial charge in [-0.3, -0.25) is 4.90 Å². The van der Waals surface area contributed by atoms with Gasteiger partial charge in [-0.15, -0.1) is 0 Å². The van der Waals surface area contributed by atoms with Crippen molar-refractivity contribution in [3.8, 4) is 0 Å². The van der Waals surface area contributed by atoms with Gasteiger partial charge in [0.2, 0.25) is 5.95 Å². The number of piperidine rings is 1. The van der Waals surface area contributed by atoms with Gasteiger partial charge in [-0.2, -0.15) is 9.97 Å². The molecule has 3 aromatic rings. The quantitative estimate of drug-likeness (QED) is 0.614. The van der Waals surface area contributed by atoms with E-state index in [0.717, 1.165) is 54.7 Å². The van der Waals surface area contributed by atoms with Gasteiger partial charge in [0.1, 0.15) is 5.82 Å². The van der Waals surface area contributed by atoms with E-state index >= 15 is 0 Å². The lowest BCUT2D eigenvalue weighted by Gasteiger charge is -2.32. The van der Waals surface area contributed by atoms with Crippen LogP contribution in [0.1, 0.15) is 35.2 Å². The first-order chi connectivity index (χ1) is 14.0. The summed E-state index contributed by atoms with van der Waals surface area (Å²) in [6.07, 6.45) is 2.03. The highest BCUT2D eigenvalue weighted by Crippen LogP contribution is 2.24. The van der Waals surface area contributed by atoms with E-state index in [4.69, 9.17) is 5.73 Å². The first kappa shape index (κ1) is 19.5. The van der Waals surface area contributed by atoms with Crippen molar-refractivity contribution in [2.45, 2.75) is 45.9 Å². The van der Waals surface area contributed by atoms with Crippen LogP contribution >= 0.6 is 0 Å². The van der Waals surface area contributed by atoms with Crippen molar-refractivity contribution in [3.63, 3.8) is 0 Å². The standard InChI is InChI=1S/C22H28N6O/c1-14-10-15(2)24-21-19(14)20(23)26-22(27-21)25-18-6-8-28(9-7-18)12-16-4-3-5-17(11-16)13-29/h3-5,10-11,18,29H,6-9,12-13H2,1-2H3,(H3,23,24,25,26,27). The van der Waals surface area contributed by atoms with E-state index in [2.05, 4.69) is 37.3 Å². The normalized spacial score (nSPS) is 15.7. The molecule has 0 aliphatic carbocycles. The van der Waals surface area contributed by atoms with E-state index in [9.17, 15) is 5.11 Å². The third-order valence-electron chi connectivity index (χ3n) is 5.52. The number of aliphatic hydroxyl groups excluding tert-OH is 1. The molecule has 4 rings (SSSR count). The highest BCUT2D eigenvalue weighted by molar-refractivity contribution is 5.89. The van der Waals surface area contributed by atoms with Crippen molar-refractivity contribution >= 4 is 22.8 Å². The van der Waals surface area contributed by atoms with Gasteiger partial charge in [-0.1, -0.05) is 24.3 Å². The molecular formula is C22H28N6O. The van der Waals surface area contributed by atoms with Crippen LogP contribution in [0.25, 0.3) is 11.0 Å². The molecule has 0 amide bonds. The summed E-state index contributed by atoms with van der Waals surface area (Å²) in [6, 6.07) is 10.5. The molecule has 7 nitrogen and oxygen atoms in total. The van der Waals surface area contributed by atoms with Crippen molar-refractivity contribution in [3.05, 3.63) is 52.7 Å². The summed E-state index contributed by atoms with van der Waals surface area (Å²) >= 11 is 0. The van der Waals surface area contributed by atoms with Gasteiger partial charge in [0.25, 0.3) is 0 Å². The fourth-order valence-electron chi connectivity index (χ4n) is 4.08. The minimum absolute atomic E-state index is 0.0859. The second kappa shape index (κ2) is 8.31. The van der Waals surface area contributed by atoms with Crippen LogP contribution in [-0.2, 0) is 13.2 Å². The maximum Gasteiger partial charge on any atom is 0.226 e. The number of aromatic nitrogens is 3. The number of hydrogen-bond acceptors (Lipinski definition) is 7. The van der Waals surface area contributed by atoms with E-state index in [-0.39, 0.29) is 6.61 Å². The average Bonchev–Trinajstić information content (AvgIpc) is 2.69. The molecule has 1 saturated heterocycles. The van der Waals surface area contributed by atoms with E-state index in [1.807, 2.05) is 32.0 Å². The van der Waals surface area contributed by atoms with Gasteiger partial charge >= 0.3 is 0 Å². The fourth-order valence-corrected chi connectivity index (χ4v) is 4.08. The SMILES string of the molecule is Cc1cc(C)c2c(N)nc(NC3CCN(Cc4cccc(CO)c4)CC3)nc2n1. The Bertz CT molecular complexity index is 1010. The number of rotatable bonds is 5. The number of fused-ring (bicyclic) bond motifs is 1. The van der Waals surface area contributed by atoms with Crippen LogP contribution in [0.2, 0.25) is 0 Å². The lowest BCUT2D eigenvalue weighted by atomic mass is 10.0. The molecule has 0 radical (unpaired) electrons. The zero-order valence-corrected chi connectivity index (χ0v) is 17.0. The summed E-state index contributed by atoms with van der Waals surface area (Å²) < 4.78 is 0. The van der Waals surface area contributed by atoms with Gasteiger partial charge in [-0.05, 0) is 49.4 Å². The summed E-state index contributed by atoms with van der Waals surface area (Å²) in [5, 5.41) is 13.6. The van der Waals surface area contributed by atoms with Crippen LogP contribution < -0.4 is 11.1 Å². The summed E-state index contributed by atoms with van der Waals surface area (Å²) in [5.41, 5.74) is 11.0. The molecule has 1 fully saturated rings. The third-order valence-corrected chi connectivity index (χ3v) is 5.52. The number of pyridine rings is 1. The second-order valence-electron chi connectivity index (χ2n) is 7.88. The number of nitrogens with two attached hydrogens (primary N) is 1. The minimum atomic E-state index is 0.0859. The number of likely N-dealkylation sites (tertiary alicyclic amines) is 1. The van der Waals surface area contributed by atoms with Gasteiger partial charge in [0.15, 0.2) is 5.65 Å². The Morgan fingerprint density at radius 2 is 1.86 bits per heavy atom. The van der Waals surface area contributed by atoms with E-state index < -0.39 is 0 Å². The Morgan fingerprint density at radius 3 is 2.62 bits per heavy atom. The predicted molar refractivity (Wildman–Crippen MR) is 116 cm³/mol. The molecule has 152 valence electrons. The summed E-state index contributed by atoms with van der Waals surface area (Å²) in [6.45, 7) is 6.96. The Labute approximate surface area is 171 Å². The zero-order valence-electron chi connectivity index (χ0n) is 17.0. The van der Waals surface area contributed by atoms with E-state index in [0.29, 0.717) is 23.5 Å². The smallest absolute Gasteiger partial charge is 0.226 e. The molecule has 4 N–H and O–H groups in total. The van der Waals surface area contributed by atoms with Crippen molar-refractivity contribution in [1.29, 1.82) is 0 Å². The van der Waals surface area contributed by atoms with Crippen molar-refractivity contribution in [2.75, 3.05) is 24.1 Å². The number of hydrogen-bond donors (Lipinski definition) is 3. The van der Waals surface area contributed by atoms with Crippen LogP contribution in [0.5, 0.6) is 0 Å². The zero-order chi connectivity index (χ0) is 20.4. The van der Waals surface area contributed by atoms with Gasteiger partial charge in [0.05, 0.1) is 12.0 Å². The van der Waals surface area contributed by atoms with Gasteiger partial charge in [-0.25, -0.2) is 4.98 Å². The highest BCUT2D eigenvalue weighted by Gasteiger charge is 2.20. The number of nitrogen functional groups attached to an aromatic ring is 1. The number of anilines is 2. The lowest BCUT2D eigenvalue weighted by Crippen LogP contribution is -2.39. The molecule has 7 heteroatoms. The molecule has 1 aliphatic rings. The lowest BCUT2D eigenvalue weighted by molar-refractivity contribution is 0.211. The van der Waals surface area contributed by atoms with Crippen molar-refractivity contribution < 1.29 is 5.11 Å². The number of aliphatic hydroxyl groups is 1. The number of aryl methyl sites for hydroxylation is 2. The molecule has 29 heavy (non-hydrogen) atoms. The summed E-state index contributed by atoms with van der Waals surface area (Å²) in [5.74, 6) is 1.03. The summed E-state index contributed by atoms with van der Waals surface area (Å²) in [7, 11) is 0. The predicted octanol–water partition coefficient (Wildman–Crippen LogP) is 2.79. The maximum atomic E-state index is 9.31. The number of benzene rings is 1. The fraction of sp³-hybridized carbons (Fsp3) is 0.409. The number of nitrogens with one attached hydrogen (secondary N) is 1. The van der Waals surface area contributed by atoms with Crippen LogP contribution in [0.4, 0.5) is 11.8 Å². The molecule has 0 spiro atoms. The average molecular weight is 393 g/mol. The molecule has 2 aromatic heterocycles. The molecule has 1 aromatic carbocycles. The first-order valence-electron chi connectivity index (χ1n) is 10.1. The van der Waals surface area contributed by atoms with E-state index in [1.165, 1.54) is 5.56 Å². The molecule has 0 bridgehead atoms. The Kier molecular flexibility index (Phi) is 5.60. The van der Waals surface area contributed by atoms with E-state index in [1.54, 1.807) is 0 Å². The molecule has 3 heterocycles. The topological polar surface area (TPSA) is 100 Å².